The molecule has 3 rings (SSSR count). The summed E-state index contributed by atoms with van der Waals surface area (Å²) in [7, 11) is -2.99. The lowest BCUT2D eigenvalue weighted by molar-refractivity contribution is -0.120. The molecule has 1 aliphatic rings. The monoisotopic (exact) mass is 340 g/mol. The van der Waals surface area contributed by atoms with E-state index in [1.807, 2.05) is 28.8 Å². The van der Waals surface area contributed by atoms with Gasteiger partial charge in [0.1, 0.15) is 0 Å². The van der Waals surface area contributed by atoms with Crippen LogP contribution in [0.2, 0.25) is 0 Å². The van der Waals surface area contributed by atoms with Gasteiger partial charge in [0.25, 0.3) is 0 Å². The fourth-order valence-corrected chi connectivity index (χ4v) is 4.86. The molecule has 2 atom stereocenters. The van der Waals surface area contributed by atoms with Crippen LogP contribution in [0.4, 0.5) is 0 Å². The maximum atomic E-state index is 12.2. The van der Waals surface area contributed by atoms with Gasteiger partial charge in [0.2, 0.25) is 5.91 Å². The summed E-state index contributed by atoms with van der Waals surface area (Å²) in [5.74, 6) is -0.00191. The summed E-state index contributed by atoms with van der Waals surface area (Å²) in [6.45, 7) is 1.77. The van der Waals surface area contributed by atoms with Crippen LogP contribution in [0.15, 0.2) is 29.6 Å². The lowest BCUT2D eigenvalue weighted by atomic mass is 10.2. The molecule has 1 aliphatic heterocycles. The van der Waals surface area contributed by atoms with Gasteiger partial charge in [-0.2, -0.15) is 0 Å². The number of fused-ring (bicyclic) bond motifs is 1. The molecule has 22 heavy (non-hydrogen) atoms. The van der Waals surface area contributed by atoms with Crippen molar-refractivity contribution in [2.24, 2.45) is 0 Å². The second-order valence-electron chi connectivity index (χ2n) is 5.28. The highest BCUT2D eigenvalue weighted by atomic mass is 32.2. The van der Waals surface area contributed by atoms with Crippen molar-refractivity contribution < 1.29 is 13.2 Å². The highest BCUT2D eigenvalue weighted by Gasteiger charge is 2.30. The van der Waals surface area contributed by atoms with Crippen LogP contribution in [0.3, 0.4) is 0 Å². The van der Waals surface area contributed by atoms with Gasteiger partial charge in [-0.1, -0.05) is 17.8 Å². The van der Waals surface area contributed by atoms with Crippen LogP contribution in [0.5, 0.6) is 0 Å². The lowest BCUT2D eigenvalue weighted by Gasteiger charge is -2.14. The Labute approximate surface area is 132 Å². The standard InChI is InChI=1S/C13H16N4O3S2/c1-9(12(18)14-10-5-7-22(19,20)8-10)21-13-16-15-11-4-2-3-6-17(11)13/h2-4,6,9-10H,5,7-8H2,1H3,(H,14,18)/t9-,10-/m1/s1. The number of carbonyl (C=O) groups excluding carboxylic acids is 1. The Balaban J connectivity index is 1.64. The largest absolute Gasteiger partial charge is 0.351 e. The van der Waals surface area contributed by atoms with Crippen molar-refractivity contribution in [1.82, 2.24) is 19.9 Å². The molecule has 1 N–H and O–H groups in total. The fourth-order valence-electron chi connectivity index (χ4n) is 2.34. The third kappa shape index (κ3) is 3.25. The molecule has 0 saturated carbocycles. The van der Waals surface area contributed by atoms with E-state index >= 15 is 0 Å². The number of aromatic nitrogens is 3. The molecule has 0 aliphatic carbocycles. The first-order chi connectivity index (χ1) is 10.4. The first-order valence-electron chi connectivity index (χ1n) is 6.92. The van der Waals surface area contributed by atoms with E-state index in [-0.39, 0.29) is 28.7 Å². The van der Waals surface area contributed by atoms with Gasteiger partial charge in [-0.3, -0.25) is 9.20 Å². The maximum Gasteiger partial charge on any atom is 0.233 e. The van der Waals surface area contributed by atoms with Crippen molar-refractivity contribution in [3.8, 4) is 0 Å². The van der Waals surface area contributed by atoms with Crippen molar-refractivity contribution in [1.29, 1.82) is 0 Å². The Hall–Kier alpha value is -1.61. The van der Waals surface area contributed by atoms with Crippen LogP contribution >= 0.6 is 11.8 Å². The third-order valence-corrected chi connectivity index (χ3v) is 6.34. The van der Waals surface area contributed by atoms with Gasteiger partial charge >= 0.3 is 0 Å². The molecular formula is C13H16N4O3S2. The topological polar surface area (TPSA) is 93.4 Å². The van der Waals surface area contributed by atoms with Gasteiger partial charge < -0.3 is 5.32 Å². The highest BCUT2D eigenvalue weighted by molar-refractivity contribution is 8.00. The molecule has 3 heterocycles. The summed E-state index contributed by atoms with van der Waals surface area (Å²) in [6.07, 6.45) is 2.32. The van der Waals surface area contributed by atoms with Gasteiger partial charge in [0, 0.05) is 12.2 Å². The van der Waals surface area contributed by atoms with Crippen LogP contribution in [0.1, 0.15) is 13.3 Å². The van der Waals surface area contributed by atoms with Crippen LogP contribution in [0, 0.1) is 0 Å². The number of amides is 1. The number of sulfone groups is 1. The van der Waals surface area contributed by atoms with E-state index in [9.17, 15) is 13.2 Å². The summed E-state index contributed by atoms with van der Waals surface area (Å²) < 4.78 is 24.6. The minimum atomic E-state index is -2.99. The number of carbonyl (C=O) groups is 1. The Bertz CT molecular complexity index is 802. The molecule has 0 bridgehead atoms. The lowest BCUT2D eigenvalue weighted by Crippen LogP contribution is -2.40. The summed E-state index contributed by atoms with van der Waals surface area (Å²) in [4.78, 5) is 12.2. The Kier molecular flexibility index (Phi) is 4.09. The molecule has 1 saturated heterocycles. The van der Waals surface area contributed by atoms with Crippen molar-refractivity contribution in [3.05, 3.63) is 24.4 Å². The van der Waals surface area contributed by atoms with E-state index < -0.39 is 9.84 Å². The second kappa shape index (κ2) is 5.88. The summed E-state index contributed by atoms with van der Waals surface area (Å²) in [5.41, 5.74) is 0.722. The molecule has 9 heteroatoms. The molecule has 1 amide bonds. The van der Waals surface area contributed by atoms with Gasteiger partial charge in [0.05, 0.1) is 16.8 Å². The van der Waals surface area contributed by atoms with E-state index in [1.165, 1.54) is 11.8 Å². The second-order valence-corrected chi connectivity index (χ2v) is 8.82. The van der Waals surface area contributed by atoms with Crippen LogP contribution < -0.4 is 5.32 Å². The first kappa shape index (κ1) is 15.3. The molecule has 0 aromatic carbocycles. The van der Waals surface area contributed by atoms with E-state index in [2.05, 4.69) is 15.5 Å². The number of nitrogens with zero attached hydrogens (tertiary/aromatic N) is 3. The first-order valence-corrected chi connectivity index (χ1v) is 9.62. The summed E-state index contributed by atoms with van der Waals surface area (Å²) in [6, 6.07) is 5.30. The molecular weight excluding hydrogens is 324 g/mol. The minimum absolute atomic E-state index is 0.0317. The summed E-state index contributed by atoms with van der Waals surface area (Å²) >= 11 is 1.30. The predicted octanol–water partition coefficient (Wildman–Crippen LogP) is 0.513. The highest BCUT2D eigenvalue weighted by Crippen LogP contribution is 2.22. The van der Waals surface area contributed by atoms with Crippen molar-refractivity contribution in [3.63, 3.8) is 0 Å². The van der Waals surface area contributed by atoms with Crippen molar-refractivity contribution in [2.75, 3.05) is 11.5 Å². The number of thioether (sulfide) groups is 1. The average molecular weight is 340 g/mol. The van der Waals surface area contributed by atoms with Crippen LogP contribution in [0.25, 0.3) is 5.65 Å². The Morgan fingerprint density at radius 3 is 3.00 bits per heavy atom. The van der Waals surface area contributed by atoms with E-state index in [1.54, 1.807) is 6.92 Å². The Morgan fingerprint density at radius 1 is 1.45 bits per heavy atom. The predicted molar refractivity (Wildman–Crippen MR) is 83.5 cm³/mol. The zero-order chi connectivity index (χ0) is 15.7. The quantitative estimate of drug-likeness (QED) is 0.815. The third-order valence-electron chi connectivity index (χ3n) is 3.51. The van der Waals surface area contributed by atoms with Crippen molar-refractivity contribution in [2.45, 2.75) is 29.8 Å². The molecule has 1 fully saturated rings. The molecule has 118 valence electrons. The molecule has 0 spiro atoms. The zero-order valence-electron chi connectivity index (χ0n) is 12.0. The normalized spacial score (nSPS) is 21.8. The minimum Gasteiger partial charge on any atom is -0.351 e. The van der Waals surface area contributed by atoms with Gasteiger partial charge in [-0.15, -0.1) is 10.2 Å². The average Bonchev–Trinajstić information content (AvgIpc) is 3.03. The van der Waals surface area contributed by atoms with E-state index in [0.717, 1.165) is 5.65 Å². The number of hydrogen-bond donors (Lipinski definition) is 1. The molecule has 2 aromatic rings. The Morgan fingerprint density at radius 2 is 2.27 bits per heavy atom. The molecule has 2 aromatic heterocycles. The molecule has 7 nitrogen and oxygen atoms in total. The van der Waals surface area contributed by atoms with E-state index in [4.69, 9.17) is 0 Å². The van der Waals surface area contributed by atoms with Crippen LogP contribution in [-0.2, 0) is 14.6 Å². The summed E-state index contributed by atoms with van der Waals surface area (Å²) in [5, 5.41) is 11.2. The van der Waals surface area contributed by atoms with E-state index in [0.29, 0.717) is 11.6 Å². The maximum absolute atomic E-state index is 12.2. The number of nitrogens with one attached hydrogen (secondary N) is 1. The van der Waals surface area contributed by atoms with Crippen LogP contribution in [-0.4, -0.2) is 51.7 Å². The fraction of sp³-hybridized carbons (Fsp3) is 0.462. The molecule has 0 unspecified atom stereocenters. The number of pyridine rings is 1. The smallest absolute Gasteiger partial charge is 0.233 e. The molecule has 0 radical (unpaired) electrons. The van der Waals surface area contributed by atoms with Gasteiger partial charge in [-0.05, 0) is 25.5 Å². The van der Waals surface area contributed by atoms with Crippen molar-refractivity contribution >= 4 is 33.2 Å². The SMILES string of the molecule is C[C@@H](Sc1nnc2ccccn12)C(=O)N[C@@H]1CCS(=O)(=O)C1. The van der Waals surface area contributed by atoms with Gasteiger partial charge in [-0.25, -0.2) is 8.42 Å². The van der Waals surface area contributed by atoms with Gasteiger partial charge in [0.15, 0.2) is 20.6 Å². The number of rotatable bonds is 4. The zero-order valence-corrected chi connectivity index (χ0v) is 13.6. The number of hydrogen-bond acceptors (Lipinski definition) is 6.